The minimum atomic E-state index is 0.343. The van der Waals surface area contributed by atoms with E-state index in [0.717, 1.165) is 26.2 Å². The lowest BCUT2D eigenvalue weighted by molar-refractivity contribution is -0.0719. The van der Waals surface area contributed by atoms with Crippen molar-refractivity contribution in [2.24, 2.45) is 5.92 Å². The summed E-state index contributed by atoms with van der Waals surface area (Å²) in [6.45, 7) is 13.1. The molecule has 118 valence electrons. The van der Waals surface area contributed by atoms with E-state index in [-0.39, 0.29) is 0 Å². The number of rotatable bonds is 6. The van der Waals surface area contributed by atoms with Gasteiger partial charge in [0.25, 0.3) is 0 Å². The monoisotopic (exact) mass is 290 g/mol. The van der Waals surface area contributed by atoms with Crippen molar-refractivity contribution >= 4 is 0 Å². The van der Waals surface area contributed by atoms with E-state index < -0.39 is 0 Å². The summed E-state index contributed by atoms with van der Waals surface area (Å²) >= 11 is 0. The van der Waals surface area contributed by atoms with Crippen LogP contribution in [0.4, 0.5) is 0 Å². The lowest BCUT2D eigenvalue weighted by Gasteiger charge is -2.38. The highest BCUT2D eigenvalue weighted by Crippen LogP contribution is 2.24. The quantitative estimate of drug-likeness (QED) is 0.871. The van der Waals surface area contributed by atoms with Crippen molar-refractivity contribution in [3.63, 3.8) is 0 Å². The van der Waals surface area contributed by atoms with Gasteiger partial charge in [0.05, 0.1) is 12.2 Å². The van der Waals surface area contributed by atoms with Crippen LogP contribution in [-0.4, -0.2) is 43.3 Å². The maximum atomic E-state index is 5.83. The van der Waals surface area contributed by atoms with Gasteiger partial charge in [-0.25, -0.2) is 0 Å². The second kappa shape index (κ2) is 7.92. The standard InChI is InChI=1S/C18H30N2O/c1-5-19-18(17-9-7-6-8-10-17)14(2)11-20-12-15(3)21-16(4)13-20/h6-10,14-16,18-19H,5,11-13H2,1-4H3. The summed E-state index contributed by atoms with van der Waals surface area (Å²) in [7, 11) is 0. The summed E-state index contributed by atoms with van der Waals surface area (Å²) in [6.07, 6.45) is 0.686. The molecule has 0 aromatic heterocycles. The smallest absolute Gasteiger partial charge is 0.0678 e. The molecule has 0 saturated carbocycles. The second-order valence-electron chi connectivity index (χ2n) is 6.40. The van der Waals surface area contributed by atoms with Gasteiger partial charge in [-0.3, -0.25) is 4.90 Å². The Morgan fingerprint density at radius 3 is 2.38 bits per heavy atom. The number of ether oxygens (including phenoxy) is 1. The van der Waals surface area contributed by atoms with Crippen LogP contribution in [0.15, 0.2) is 30.3 Å². The van der Waals surface area contributed by atoms with Crippen LogP contribution in [0.5, 0.6) is 0 Å². The van der Waals surface area contributed by atoms with Gasteiger partial charge in [-0.2, -0.15) is 0 Å². The number of morpholine rings is 1. The zero-order valence-electron chi connectivity index (χ0n) is 13.9. The summed E-state index contributed by atoms with van der Waals surface area (Å²) in [6, 6.07) is 11.2. The Morgan fingerprint density at radius 1 is 1.19 bits per heavy atom. The van der Waals surface area contributed by atoms with Crippen molar-refractivity contribution in [3.05, 3.63) is 35.9 Å². The molecule has 0 radical (unpaired) electrons. The normalized spacial score (nSPS) is 26.5. The van der Waals surface area contributed by atoms with E-state index in [0.29, 0.717) is 24.2 Å². The maximum Gasteiger partial charge on any atom is 0.0678 e. The fraction of sp³-hybridized carbons (Fsp3) is 0.667. The van der Waals surface area contributed by atoms with E-state index >= 15 is 0 Å². The summed E-state index contributed by atoms with van der Waals surface area (Å²) < 4.78 is 5.83. The third-order valence-corrected chi connectivity index (χ3v) is 4.19. The molecule has 4 unspecified atom stereocenters. The third kappa shape index (κ3) is 4.80. The first-order chi connectivity index (χ1) is 10.1. The van der Waals surface area contributed by atoms with Gasteiger partial charge in [0.2, 0.25) is 0 Å². The number of nitrogens with one attached hydrogen (secondary N) is 1. The molecule has 21 heavy (non-hydrogen) atoms. The van der Waals surface area contributed by atoms with Crippen LogP contribution in [0.3, 0.4) is 0 Å². The lowest BCUT2D eigenvalue weighted by atomic mass is 9.93. The number of hydrogen-bond donors (Lipinski definition) is 1. The van der Waals surface area contributed by atoms with Gasteiger partial charge >= 0.3 is 0 Å². The van der Waals surface area contributed by atoms with E-state index in [9.17, 15) is 0 Å². The molecular weight excluding hydrogens is 260 g/mol. The summed E-state index contributed by atoms with van der Waals surface area (Å²) in [4.78, 5) is 2.55. The molecule has 1 saturated heterocycles. The number of benzene rings is 1. The van der Waals surface area contributed by atoms with E-state index in [1.807, 2.05) is 0 Å². The van der Waals surface area contributed by atoms with E-state index in [1.165, 1.54) is 5.56 Å². The maximum absolute atomic E-state index is 5.83. The Balaban J connectivity index is 2.00. The van der Waals surface area contributed by atoms with Gasteiger partial charge in [-0.05, 0) is 31.9 Å². The van der Waals surface area contributed by atoms with Crippen LogP contribution in [0, 0.1) is 5.92 Å². The molecule has 1 aliphatic heterocycles. The van der Waals surface area contributed by atoms with Gasteiger partial charge in [0, 0.05) is 25.7 Å². The highest BCUT2D eigenvalue weighted by atomic mass is 16.5. The topological polar surface area (TPSA) is 24.5 Å². The van der Waals surface area contributed by atoms with Gasteiger partial charge in [0.1, 0.15) is 0 Å². The van der Waals surface area contributed by atoms with Crippen molar-refractivity contribution in [1.82, 2.24) is 10.2 Å². The van der Waals surface area contributed by atoms with Crippen LogP contribution < -0.4 is 5.32 Å². The van der Waals surface area contributed by atoms with Crippen LogP contribution in [0.2, 0.25) is 0 Å². The molecule has 0 spiro atoms. The molecule has 3 nitrogen and oxygen atoms in total. The minimum absolute atomic E-state index is 0.343. The molecule has 4 atom stereocenters. The zero-order chi connectivity index (χ0) is 15.2. The molecule has 3 heteroatoms. The molecule has 0 amide bonds. The highest BCUT2D eigenvalue weighted by Gasteiger charge is 2.26. The molecule has 1 aromatic carbocycles. The van der Waals surface area contributed by atoms with Gasteiger partial charge in [-0.1, -0.05) is 44.2 Å². The Bertz CT molecular complexity index is 399. The Kier molecular flexibility index (Phi) is 6.22. The molecule has 1 N–H and O–H groups in total. The van der Waals surface area contributed by atoms with Crippen molar-refractivity contribution in [2.45, 2.75) is 45.9 Å². The third-order valence-electron chi connectivity index (χ3n) is 4.19. The van der Waals surface area contributed by atoms with Gasteiger partial charge < -0.3 is 10.1 Å². The highest BCUT2D eigenvalue weighted by molar-refractivity contribution is 5.19. The van der Waals surface area contributed by atoms with E-state index in [1.54, 1.807) is 0 Å². The molecule has 0 aliphatic carbocycles. The van der Waals surface area contributed by atoms with Crippen molar-refractivity contribution in [1.29, 1.82) is 0 Å². The van der Waals surface area contributed by atoms with Gasteiger partial charge in [-0.15, -0.1) is 0 Å². The summed E-state index contributed by atoms with van der Waals surface area (Å²) in [5.41, 5.74) is 1.39. The first-order valence-corrected chi connectivity index (χ1v) is 8.26. The molecule has 1 aliphatic rings. The predicted molar refractivity (Wildman–Crippen MR) is 88.5 cm³/mol. The average Bonchev–Trinajstić information content (AvgIpc) is 2.44. The molecule has 1 heterocycles. The second-order valence-corrected chi connectivity index (χ2v) is 6.40. The van der Waals surface area contributed by atoms with Crippen molar-refractivity contribution in [3.8, 4) is 0 Å². The molecule has 2 rings (SSSR count). The average molecular weight is 290 g/mol. The van der Waals surface area contributed by atoms with E-state index in [2.05, 4.69) is 68.2 Å². The molecule has 0 bridgehead atoms. The number of hydrogen-bond acceptors (Lipinski definition) is 3. The SMILES string of the molecule is CCNC(c1ccccc1)C(C)CN1CC(C)OC(C)C1. The van der Waals surface area contributed by atoms with E-state index in [4.69, 9.17) is 4.74 Å². The Labute approximate surface area is 129 Å². The molecule has 1 fully saturated rings. The van der Waals surface area contributed by atoms with Crippen LogP contribution in [0.1, 0.15) is 39.3 Å². The fourth-order valence-corrected chi connectivity index (χ4v) is 3.47. The Hall–Kier alpha value is -0.900. The van der Waals surface area contributed by atoms with Crippen molar-refractivity contribution in [2.75, 3.05) is 26.2 Å². The molecular formula is C18H30N2O. The molecule has 1 aromatic rings. The van der Waals surface area contributed by atoms with Crippen LogP contribution >= 0.6 is 0 Å². The largest absolute Gasteiger partial charge is 0.373 e. The zero-order valence-corrected chi connectivity index (χ0v) is 13.9. The lowest BCUT2D eigenvalue weighted by Crippen LogP contribution is -2.48. The van der Waals surface area contributed by atoms with Gasteiger partial charge in [0.15, 0.2) is 0 Å². The van der Waals surface area contributed by atoms with Crippen LogP contribution in [0.25, 0.3) is 0 Å². The van der Waals surface area contributed by atoms with Crippen molar-refractivity contribution < 1.29 is 4.74 Å². The van der Waals surface area contributed by atoms with Crippen LogP contribution in [-0.2, 0) is 4.74 Å². The first-order valence-electron chi connectivity index (χ1n) is 8.26. The summed E-state index contributed by atoms with van der Waals surface area (Å²) in [5, 5.41) is 3.65. The first kappa shape index (κ1) is 16.5. The summed E-state index contributed by atoms with van der Waals surface area (Å²) in [5.74, 6) is 0.574. The Morgan fingerprint density at radius 2 is 1.81 bits per heavy atom. The fourth-order valence-electron chi connectivity index (χ4n) is 3.47. The minimum Gasteiger partial charge on any atom is -0.373 e. The number of nitrogens with zero attached hydrogens (tertiary/aromatic N) is 1. The predicted octanol–water partition coefficient (Wildman–Crippen LogP) is 3.08.